The lowest BCUT2D eigenvalue weighted by molar-refractivity contribution is 0.314. The Bertz CT molecular complexity index is 1280. The molecule has 0 atom stereocenters. The van der Waals surface area contributed by atoms with E-state index in [0.29, 0.717) is 18.0 Å². The lowest BCUT2D eigenvalue weighted by Crippen LogP contribution is -2.24. The third-order valence-electron chi connectivity index (χ3n) is 6.51. The Hall–Kier alpha value is -3.17. The molecule has 8 nitrogen and oxygen atoms in total. The summed E-state index contributed by atoms with van der Waals surface area (Å²) in [6.45, 7) is 6.97. The summed E-state index contributed by atoms with van der Waals surface area (Å²) in [6, 6.07) is 12.4. The number of benzene rings is 2. The smallest absolute Gasteiger partial charge is 0.191 e. The van der Waals surface area contributed by atoms with Crippen LogP contribution in [0.3, 0.4) is 0 Å². The molecule has 0 unspecified atom stereocenters. The van der Waals surface area contributed by atoms with Gasteiger partial charge in [-0.1, -0.05) is 29.5 Å². The number of anilines is 2. The van der Waals surface area contributed by atoms with Crippen LogP contribution in [0.2, 0.25) is 0 Å². The third kappa shape index (κ3) is 5.26. The third-order valence-corrected chi connectivity index (χ3v) is 7.55. The summed E-state index contributed by atoms with van der Waals surface area (Å²) >= 11 is 1.69. The summed E-state index contributed by atoms with van der Waals surface area (Å²) in [7, 11) is 3.30. The Morgan fingerprint density at radius 3 is 2.60 bits per heavy atom. The highest BCUT2D eigenvalue weighted by Gasteiger charge is 2.19. The van der Waals surface area contributed by atoms with Gasteiger partial charge in [0.15, 0.2) is 16.6 Å². The molecule has 1 fully saturated rings. The van der Waals surface area contributed by atoms with E-state index in [0.717, 1.165) is 41.5 Å². The molecule has 1 aliphatic heterocycles. The van der Waals surface area contributed by atoms with E-state index < -0.39 is 0 Å². The normalized spacial score (nSPS) is 14.0. The lowest BCUT2D eigenvalue weighted by Gasteiger charge is -2.22. The van der Waals surface area contributed by atoms with E-state index >= 15 is 0 Å². The second-order valence-corrected chi connectivity index (χ2v) is 9.81. The molecule has 35 heavy (non-hydrogen) atoms. The number of fused-ring (bicyclic) bond motifs is 1. The molecular weight excluding hydrogens is 460 g/mol. The maximum Gasteiger partial charge on any atom is 0.191 e. The summed E-state index contributed by atoms with van der Waals surface area (Å²) in [5.74, 6) is 1.37. The molecule has 9 heteroatoms. The molecule has 5 rings (SSSR count). The monoisotopic (exact) mass is 492 g/mol. The zero-order valence-corrected chi connectivity index (χ0v) is 21.4. The Morgan fingerprint density at radius 1 is 1.00 bits per heavy atom. The van der Waals surface area contributed by atoms with E-state index in [9.17, 15) is 0 Å². The van der Waals surface area contributed by atoms with Crippen LogP contribution in [0.4, 0.5) is 10.8 Å². The summed E-state index contributed by atoms with van der Waals surface area (Å²) in [5, 5.41) is 9.79. The molecule has 0 radical (unpaired) electrons. The summed E-state index contributed by atoms with van der Waals surface area (Å²) in [4.78, 5) is 9.63. The number of ether oxygens (including phenoxy) is 2. The number of methoxy groups -OCH3 is 2. The predicted octanol–water partition coefficient (Wildman–Crippen LogP) is 4.90. The van der Waals surface area contributed by atoms with Gasteiger partial charge in [0.25, 0.3) is 0 Å². The average Bonchev–Trinajstić information content (AvgIpc) is 3.66. The predicted molar refractivity (Wildman–Crippen MR) is 140 cm³/mol. The molecule has 2 aromatic carbocycles. The van der Waals surface area contributed by atoms with Gasteiger partial charge in [-0.2, -0.15) is 0 Å². The molecule has 184 valence electrons. The van der Waals surface area contributed by atoms with Crippen LogP contribution in [0.15, 0.2) is 42.6 Å². The molecule has 0 N–H and O–H groups in total. The lowest BCUT2D eigenvalue weighted by atomic mass is 10.2. The van der Waals surface area contributed by atoms with Crippen molar-refractivity contribution in [2.75, 3.05) is 38.8 Å². The van der Waals surface area contributed by atoms with E-state index in [4.69, 9.17) is 14.5 Å². The van der Waals surface area contributed by atoms with Crippen molar-refractivity contribution < 1.29 is 9.47 Å². The topological polar surface area (TPSA) is 68.5 Å². The van der Waals surface area contributed by atoms with E-state index in [-0.39, 0.29) is 0 Å². The highest BCUT2D eigenvalue weighted by molar-refractivity contribution is 7.22. The fraction of sp³-hybridized carbons (Fsp3) is 0.423. The van der Waals surface area contributed by atoms with Crippen LogP contribution < -0.4 is 14.4 Å². The number of rotatable bonds is 10. The van der Waals surface area contributed by atoms with Crippen molar-refractivity contribution >= 4 is 32.4 Å². The Morgan fingerprint density at radius 2 is 1.83 bits per heavy atom. The van der Waals surface area contributed by atoms with Crippen LogP contribution >= 0.6 is 11.3 Å². The van der Waals surface area contributed by atoms with Crippen molar-refractivity contribution in [2.24, 2.45) is 0 Å². The molecule has 0 spiro atoms. The highest BCUT2D eigenvalue weighted by atomic mass is 32.1. The van der Waals surface area contributed by atoms with Crippen molar-refractivity contribution in [2.45, 2.75) is 39.3 Å². The van der Waals surface area contributed by atoms with Crippen molar-refractivity contribution in [1.82, 2.24) is 24.9 Å². The van der Waals surface area contributed by atoms with Gasteiger partial charge in [-0.3, -0.25) is 4.68 Å². The van der Waals surface area contributed by atoms with Gasteiger partial charge in [0.2, 0.25) is 0 Å². The Labute approximate surface area is 210 Å². The molecule has 1 aliphatic rings. The first-order chi connectivity index (χ1) is 17.2. The van der Waals surface area contributed by atoms with Gasteiger partial charge < -0.3 is 19.3 Å². The molecule has 0 amide bonds. The quantitative estimate of drug-likeness (QED) is 0.312. The number of aryl methyl sites for hydroxylation is 1. The molecule has 2 aromatic heterocycles. The van der Waals surface area contributed by atoms with Crippen LogP contribution in [0, 0.1) is 0 Å². The fourth-order valence-corrected chi connectivity index (χ4v) is 5.54. The summed E-state index contributed by atoms with van der Waals surface area (Å²) in [6.07, 6.45) is 5.64. The number of likely N-dealkylation sites (tertiary alicyclic amines) is 1. The fourth-order valence-electron chi connectivity index (χ4n) is 4.49. The van der Waals surface area contributed by atoms with Crippen LogP contribution in [0.5, 0.6) is 11.5 Å². The van der Waals surface area contributed by atoms with E-state index in [1.807, 2.05) is 29.1 Å². The van der Waals surface area contributed by atoms with Crippen LogP contribution in [0.1, 0.15) is 31.0 Å². The van der Waals surface area contributed by atoms with Gasteiger partial charge in [-0.15, -0.1) is 5.10 Å². The maximum absolute atomic E-state index is 5.58. The van der Waals surface area contributed by atoms with E-state index in [1.54, 1.807) is 25.6 Å². The summed E-state index contributed by atoms with van der Waals surface area (Å²) < 4.78 is 14.2. The van der Waals surface area contributed by atoms with Gasteiger partial charge in [0, 0.05) is 18.3 Å². The molecule has 0 saturated carbocycles. The van der Waals surface area contributed by atoms with Gasteiger partial charge in [-0.25, -0.2) is 4.98 Å². The first-order valence-corrected chi connectivity index (χ1v) is 13.0. The second kappa shape index (κ2) is 10.6. The molecule has 3 heterocycles. The Kier molecular flexibility index (Phi) is 7.15. The van der Waals surface area contributed by atoms with Crippen molar-refractivity contribution in [3.8, 4) is 11.5 Å². The van der Waals surface area contributed by atoms with Gasteiger partial charge in [-0.05, 0) is 62.2 Å². The zero-order chi connectivity index (χ0) is 24.2. The SMILES string of the molecule is CCc1ccc2nc(N(Cc3cn(CCN4CCCC4)nn3)c3ccc(OC)c(OC)c3)sc2c1. The Balaban J connectivity index is 1.44. The minimum atomic E-state index is 0.555. The van der Waals surface area contributed by atoms with Crippen molar-refractivity contribution in [3.63, 3.8) is 0 Å². The van der Waals surface area contributed by atoms with Crippen molar-refractivity contribution in [1.29, 1.82) is 0 Å². The number of nitrogens with zero attached hydrogens (tertiary/aromatic N) is 6. The second-order valence-electron chi connectivity index (χ2n) is 8.80. The zero-order valence-electron chi connectivity index (χ0n) is 20.6. The van der Waals surface area contributed by atoms with Gasteiger partial charge >= 0.3 is 0 Å². The minimum Gasteiger partial charge on any atom is -0.493 e. The number of hydrogen-bond acceptors (Lipinski definition) is 8. The highest BCUT2D eigenvalue weighted by Crippen LogP contribution is 2.38. The molecule has 0 bridgehead atoms. The average molecular weight is 493 g/mol. The number of hydrogen-bond donors (Lipinski definition) is 0. The molecular formula is C26H32N6O2S. The number of aromatic nitrogens is 4. The van der Waals surface area contributed by atoms with Gasteiger partial charge in [0.1, 0.15) is 5.69 Å². The van der Waals surface area contributed by atoms with Crippen LogP contribution in [0.25, 0.3) is 10.2 Å². The largest absolute Gasteiger partial charge is 0.493 e. The van der Waals surface area contributed by atoms with E-state index in [2.05, 4.69) is 45.2 Å². The van der Waals surface area contributed by atoms with Crippen LogP contribution in [-0.2, 0) is 19.5 Å². The van der Waals surface area contributed by atoms with Crippen LogP contribution in [-0.4, -0.2) is 58.7 Å². The minimum absolute atomic E-state index is 0.555. The first kappa shape index (κ1) is 23.6. The first-order valence-electron chi connectivity index (χ1n) is 12.2. The summed E-state index contributed by atoms with van der Waals surface area (Å²) in [5.41, 5.74) is 4.17. The number of thiazole rings is 1. The standard InChI is InChI=1S/C26H32N6O2S/c1-4-19-7-9-22-25(15-19)35-26(27-22)32(21-8-10-23(33-2)24(16-21)34-3)18-20-17-31(29-28-20)14-13-30-11-5-6-12-30/h7-10,15-17H,4-6,11-14,18H2,1-3H3. The maximum atomic E-state index is 5.58. The molecule has 4 aromatic rings. The van der Waals surface area contributed by atoms with E-state index in [1.165, 1.54) is 36.2 Å². The van der Waals surface area contributed by atoms with Gasteiger partial charge in [0.05, 0.1) is 43.7 Å². The molecule has 1 saturated heterocycles. The molecule has 0 aliphatic carbocycles. The van der Waals surface area contributed by atoms with Crippen molar-refractivity contribution in [3.05, 3.63) is 53.9 Å².